The molecular weight excluding hydrogens is 334 g/mol. The minimum atomic E-state index is 0.0487. The Morgan fingerprint density at radius 3 is 2.07 bits per heavy atom. The highest BCUT2D eigenvalue weighted by atomic mass is 16.5. The number of methoxy groups -OCH3 is 1. The van der Waals surface area contributed by atoms with Gasteiger partial charge in [0.1, 0.15) is 18.1 Å². The molecule has 0 aliphatic carbocycles. The molecule has 0 aliphatic heterocycles. The van der Waals surface area contributed by atoms with E-state index in [-0.39, 0.29) is 10.8 Å². The van der Waals surface area contributed by atoms with E-state index in [0.717, 1.165) is 24.6 Å². The van der Waals surface area contributed by atoms with Crippen LogP contribution in [0.1, 0.15) is 58.2 Å². The Kier molecular flexibility index (Phi) is 6.94. The molecule has 27 heavy (non-hydrogen) atoms. The first-order valence-electron chi connectivity index (χ1n) is 9.73. The minimum absolute atomic E-state index is 0.0487. The predicted octanol–water partition coefficient (Wildman–Crippen LogP) is 5.46. The van der Waals surface area contributed by atoms with Crippen LogP contribution in [0.3, 0.4) is 0 Å². The van der Waals surface area contributed by atoms with Gasteiger partial charge >= 0.3 is 0 Å². The summed E-state index contributed by atoms with van der Waals surface area (Å²) < 4.78 is 11.3. The zero-order valence-corrected chi connectivity index (χ0v) is 18.0. The number of hydrogen-bond acceptors (Lipinski definition) is 3. The molecule has 3 nitrogen and oxygen atoms in total. The molecule has 1 N–H and O–H groups in total. The standard InChI is InChI=1S/C24H35NO2/c1-23(2,3)19-10-13-22(21(16-19)24(4,5)6)27-15-14-25-17-18-8-11-20(26-7)12-9-18/h8-13,16,25H,14-15,17H2,1-7H3. The normalized spacial score (nSPS) is 12.1. The van der Waals surface area contributed by atoms with Gasteiger partial charge in [-0.15, -0.1) is 0 Å². The Morgan fingerprint density at radius 1 is 0.852 bits per heavy atom. The van der Waals surface area contributed by atoms with E-state index in [0.29, 0.717) is 6.61 Å². The monoisotopic (exact) mass is 369 g/mol. The van der Waals surface area contributed by atoms with Gasteiger partial charge in [0.25, 0.3) is 0 Å². The second kappa shape index (κ2) is 8.79. The van der Waals surface area contributed by atoms with E-state index in [1.165, 1.54) is 16.7 Å². The second-order valence-electron chi connectivity index (χ2n) is 9.08. The average Bonchev–Trinajstić information content (AvgIpc) is 2.60. The van der Waals surface area contributed by atoms with E-state index in [2.05, 4.69) is 77.2 Å². The Balaban J connectivity index is 1.92. The maximum Gasteiger partial charge on any atom is 0.123 e. The van der Waals surface area contributed by atoms with Crippen molar-refractivity contribution in [3.8, 4) is 11.5 Å². The average molecular weight is 370 g/mol. The van der Waals surface area contributed by atoms with Crippen molar-refractivity contribution in [2.45, 2.75) is 58.9 Å². The van der Waals surface area contributed by atoms with Gasteiger partial charge in [0.2, 0.25) is 0 Å². The number of nitrogens with one attached hydrogen (secondary N) is 1. The molecule has 0 aromatic heterocycles. The van der Waals surface area contributed by atoms with Crippen LogP contribution >= 0.6 is 0 Å². The Morgan fingerprint density at radius 2 is 1.52 bits per heavy atom. The van der Waals surface area contributed by atoms with Crippen molar-refractivity contribution in [1.82, 2.24) is 5.32 Å². The zero-order valence-electron chi connectivity index (χ0n) is 18.0. The summed E-state index contributed by atoms with van der Waals surface area (Å²) in [4.78, 5) is 0. The molecule has 0 unspecified atom stereocenters. The number of rotatable bonds is 7. The third-order valence-electron chi connectivity index (χ3n) is 4.68. The lowest BCUT2D eigenvalue weighted by Crippen LogP contribution is -2.22. The fourth-order valence-corrected chi connectivity index (χ4v) is 2.92. The first kappa shape index (κ1) is 21.3. The summed E-state index contributed by atoms with van der Waals surface area (Å²) >= 11 is 0. The molecule has 0 amide bonds. The highest BCUT2D eigenvalue weighted by molar-refractivity contribution is 5.43. The molecule has 0 heterocycles. The van der Waals surface area contributed by atoms with Crippen molar-refractivity contribution in [2.24, 2.45) is 0 Å². The van der Waals surface area contributed by atoms with Crippen LogP contribution in [0.15, 0.2) is 42.5 Å². The van der Waals surface area contributed by atoms with Crippen molar-refractivity contribution in [3.05, 3.63) is 59.2 Å². The summed E-state index contributed by atoms with van der Waals surface area (Å²) in [5.41, 5.74) is 4.04. The Labute approximate surface area is 165 Å². The smallest absolute Gasteiger partial charge is 0.123 e. The zero-order chi connectivity index (χ0) is 20.1. The second-order valence-corrected chi connectivity index (χ2v) is 9.08. The van der Waals surface area contributed by atoms with Crippen LogP contribution in [0.2, 0.25) is 0 Å². The third-order valence-corrected chi connectivity index (χ3v) is 4.68. The maximum atomic E-state index is 6.12. The van der Waals surface area contributed by atoms with Crippen LogP contribution < -0.4 is 14.8 Å². The van der Waals surface area contributed by atoms with Crippen LogP contribution in [0.4, 0.5) is 0 Å². The van der Waals surface area contributed by atoms with Crippen LogP contribution in [0.5, 0.6) is 11.5 Å². The van der Waals surface area contributed by atoms with Gasteiger partial charge in [-0.25, -0.2) is 0 Å². The molecule has 0 aliphatic rings. The van der Waals surface area contributed by atoms with Crippen molar-refractivity contribution in [2.75, 3.05) is 20.3 Å². The van der Waals surface area contributed by atoms with E-state index < -0.39 is 0 Å². The molecule has 148 valence electrons. The lowest BCUT2D eigenvalue weighted by Gasteiger charge is -2.27. The summed E-state index contributed by atoms with van der Waals surface area (Å²) in [7, 11) is 1.68. The molecule has 2 aromatic carbocycles. The van der Waals surface area contributed by atoms with Gasteiger partial charge < -0.3 is 14.8 Å². The van der Waals surface area contributed by atoms with E-state index >= 15 is 0 Å². The molecule has 0 spiro atoms. The lowest BCUT2D eigenvalue weighted by atomic mass is 9.80. The van der Waals surface area contributed by atoms with Crippen molar-refractivity contribution < 1.29 is 9.47 Å². The summed E-state index contributed by atoms with van der Waals surface area (Å²) in [6, 6.07) is 14.8. The first-order chi connectivity index (χ1) is 12.6. The van der Waals surface area contributed by atoms with E-state index in [4.69, 9.17) is 9.47 Å². The molecule has 0 fully saturated rings. The van der Waals surface area contributed by atoms with Crippen molar-refractivity contribution in [3.63, 3.8) is 0 Å². The highest BCUT2D eigenvalue weighted by Crippen LogP contribution is 2.35. The molecule has 0 atom stereocenters. The number of benzene rings is 2. The molecule has 0 bridgehead atoms. The molecule has 2 aromatic rings. The third kappa shape index (κ3) is 6.28. The van der Waals surface area contributed by atoms with Gasteiger partial charge in [0, 0.05) is 13.1 Å². The molecule has 0 saturated carbocycles. The summed E-state index contributed by atoms with van der Waals surface area (Å²) in [6.07, 6.45) is 0. The van der Waals surface area contributed by atoms with Gasteiger partial charge in [-0.3, -0.25) is 0 Å². The maximum absolute atomic E-state index is 6.12. The van der Waals surface area contributed by atoms with Crippen LogP contribution in [0, 0.1) is 0 Å². The van der Waals surface area contributed by atoms with E-state index in [9.17, 15) is 0 Å². The van der Waals surface area contributed by atoms with Gasteiger partial charge in [-0.05, 0) is 45.7 Å². The SMILES string of the molecule is COc1ccc(CNCCOc2ccc(C(C)(C)C)cc2C(C)(C)C)cc1. The number of ether oxygens (including phenoxy) is 2. The Hall–Kier alpha value is -2.00. The molecule has 0 radical (unpaired) electrons. The van der Waals surface area contributed by atoms with Gasteiger partial charge in [0.15, 0.2) is 0 Å². The lowest BCUT2D eigenvalue weighted by molar-refractivity contribution is 0.305. The Bertz CT molecular complexity index is 722. The van der Waals surface area contributed by atoms with Crippen LogP contribution in [-0.2, 0) is 17.4 Å². The molecule has 3 heteroatoms. The van der Waals surface area contributed by atoms with E-state index in [1.807, 2.05) is 12.1 Å². The fourth-order valence-electron chi connectivity index (χ4n) is 2.92. The van der Waals surface area contributed by atoms with Gasteiger partial charge in [0.05, 0.1) is 7.11 Å². The fraction of sp³-hybridized carbons (Fsp3) is 0.500. The largest absolute Gasteiger partial charge is 0.497 e. The van der Waals surface area contributed by atoms with Crippen LogP contribution in [-0.4, -0.2) is 20.3 Å². The first-order valence-corrected chi connectivity index (χ1v) is 9.73. The summed E-state index contributed by atoms with van der Waals surface area (Å²) in [5, 5.41) is 3.44. The van der Waals surface area contributed by atoms with E-state index in [1.54, 1.807) is 7.11 Å². The molecule has 0 saturated heterocycles. The summed E-state index contributed by atoms with van der Waals surface area (Å²) in [6.45, 7) is 15.7. The van der Waals surface area contributed by atoms with Crippen LogP contribution in [0.25, 0.3) is 0 Å². The molecule has 2 rings (SSSR count). The van der Waals surface area contributed by atoms with Gasteiger partial charge in [-0.2, -0.15) is 0 Å². The minimum Gasteiger partial charge on any atom is -0.497 e. The summed E-state index contributed by atoms with van der Waals surface area (Å²) in [5.74, 6) is 1.87. The predicted molar refractivity (Wildman–Crippen MR) is 114 cm³/mol. The van der Waals surface area contributed by atoms with Crippen molar-refractivity contribution in [1.29, 1.82) is 0 Å². The topological polar surface area (TPSA) is 30.5 Å². The molecular formula is C24H35NO2. The highest BCUT2D eigenvalue weighted by Gasteiger charge is 2.22. The quantitative estimate of drug-likeness (QED) is 0.658. The van der Waals surface area contributed by atoms with Crippen molar-refractivity contribution >= 4 is 0 Å². The number of hydrogen-bond donors (Lipinski definition) is 1. The van der Waals surface area contributed by atoms with Gasteiger partial charge in [-0.1, -0.05) is 65.8 Å².